The number of oxazole rings is 1. The van der Waals surface area contributed by atoms with E-state index in [1.165, 1.54) is 0 Å². The molecule has 0 aliphatic heterocycles. The predicted octanol–water partition coefficient (Wildman–Crippen LogP) is 2.90. The van der Waals surface area contributed by atoms with E-state index in [9.17, 15) is 0 Å². The van der Waals surface area contributed by atoms with Gasteiger partial charge in [-0.3, -0.25) is 0 Å². The first kappa shape index (κ1) is 12.6. The zero-order chi connectivity index (χ0) is 13.1. The lowest BCUT2D eigenvalue weighted by Crippen LogP contribution is -2.06. The summed E-state index contributed by atoms with van der Waals surface area (Å²) in [6, 6.07) is 5.97. The molecule has 1 heterocycles. The first-order valence-corrected chi connectivity index (χ1v) is 6.02. The zero-order valence-corrected chi connectivity index (χ0v) is 10.9. The van der Waals surface area contributed by atoms with Crippen molar-refractivity contribution in [1.82, 2.24) is 4.98 Å². The van der Waals surface area contributed by atoms with E-state index >= 15 is 0 Å². The van der Waals surface area contributed by atoms with Gasteiger partial charge in [0.05, 0.1) is 12.6 Å². The van der Waals surface area contributed by atoms with Crippen molar-refractivity contribution in [2.45, 2.75) is 33.4 Å². The largest absolute Gasteiger partial charge is 0.491 e. The highest BCUT2D eigenvalue weighted by molar-refractivity contribution is 5.61. The van der Waals surface area contributed by atoms with Gasteiger partial charge in [0, 0.05) is 5.56 Å². The topological polar surface area (TPSA) is 61.3 Å². The lowest BCUT2D eigenvalue weighted by Gasteiger charge is -2.12. The molecule has 1 aromatic heterocycles. The zero-order valence-electron chi connectivity index (χ0n) is 10.9. The highest BCUT2D eigenvalue weighted by Crippen LogP contribution is 2.26. The lowest BCUT2D eigenvalue weighted by molar-refractivity contribution is 0.241. The summed E-state index contributed by atoms with van der Waals surface area (Å²) in [5.41, 5.74) is 8.36. The summed E-state index contributed by atoms with van der Waals surface area (Å²) in [5, 5.41) is 0. The molecule has 0 amide bonds. The van der Waals surface area contributed by atoms with Gasteiger partial charge in [-0.15, -0.1) is 0 Å². The molecule has 0 saturated carbocycles. The predicted molar refractivity (Wildman–Crippen MR) is 70.3 cm³/mol. The van der Waals surface area contributed by atoms with Crippen LogP contribution >= 0.6 is 0 Å². The summed E-state index contributed by atoms with van der Waals surface area (Å²) in [7, 11) is 0. The van der Waals surface area contributed by atoms with Gasteiger partial charge in [0.25, 0.3) is 0 Å². The lowest BCUT2D eigenvalue weighted by atomic mass is 10.1. The minimum atomic E-state index is 0.172. The Bertz CT molecular complexity index is 532. The molecule has 0 fully saturated rings. The maximum Gasteiger partial charge on any atom is 0.208 e. The number of hydrogen-bond donors (Lipinski definition) is 1. The molecule has 2 N–H and O–H groups in total. The molecular formula is C14H18N2O2. The van der Waals surface area contributed by atoms with E-state index in [0.29, 0.717) is 12.4 Å². The maximum absolute atomic E-state index is 5.70. The Hall–Kier alpha value is -1.81. The smallest absolute Gasteiger partial charge is 0.208 e. The van der Waals surface area contributed by atoms with Gasteiger partial charge in [0.1, 0.15) is 17.7 Å². The number of ether oxygens (including phenoxy) is 1. The molecule has 96 valence electrons. The molecule has 1 aromatic carbocycles. The van der Waals surface area contributed by atoms with Crippen LogP contribution in [0, 0.1) is 6.92 Å². The Morgan fingerprint density at radius 1 is 1.39 bits per heavy atom. The monoisotopic (exact) mass is 246 g/mol. The van der Waals surface area contributed by atoms with Crippen molar-refractivity contribution in [3.05, 3.63) is 35.9 Å². The van der Waals surface area contributed by atoms with Gasteiger partial charge in [-0.1, -0.05) is 0 Å². The summed E-state index contributed by atoms with van der Waals surface area (Å²) < 4.78 is 10.9. The molecule has 2 aromatic rings. The summed E-state index contributed by atoms with van der Waals surface area (Å²) in [6.45, 7) is 6.36. The van der Waals surface area contributed by atoms with Gasteiger partial charge in [0.15, 0.2) is 0 Å². The summed E-state index contributed by atoms with van der Waals surface area (Å²) in [5.74, 6) is 1.45. The third-order valence-electron chi connectivity index (χ3n) is 2.56. The van der Waals surface area contributed by atoms with Gasteiger partial charge in [-0.2, -0.15) is 0 Å². The van der Waals surface area contributed by atoms with Crippen LogP contribution in [-0.2, 0) is 6.54 Å². The Morgan fingerprint density at radius 3 is 2.72 bits per heavy atom. The van der Waals surface area contributed by atoms with Crippen LogP contribution in [0.3, 0.4) is 0 Å². The van der Waals surface area contributed by atoms with E-state index in [-0.39, 0.29) is 6.10 Å². The second-order valence-electron chi connectivity index (χ2n) is 4.48. The molecular weight excluding hydrogens is 228 g/mol. The third-order valence-corrected chi connectivity index (χ3v) is 2.56. The van der Waals surface area contributed by atoms with Gasteiger partial charge >= 0.3 is 0 Å². The van der Waals surface area contributed by atoms with Crippen LogP contribution in [0.5, 0.6) is 5.75 Å². The number of aromatic nitrogens is 1. The van der Waals surface area contributed by atoms with Gasteiger partial charge in [0.2, 0.25) is 5.89 Å². The minimum Gasteiger partial charge on any atom is -0.491 e. The number of rotatable bonds is 4. The number of nitrogens with two attached hydrogens (primary N) is 1. The molecule has 4 heteroatoms. The highest BCUT2D eigenvalue weighted by Gasteiger charge is 2.08. The van der Waals surface area contributed by atoms with Crippen LogP contribution in [-0.4, -0.2) is 11.1 Å². The molecule has 0 aliphatic rings. The van der Waals surface area contributed by atoms with Crippen molar-refractivity contribution in [3.8, 4) is 17.0 Å². The van der Waals surface area contributed by atoms with E-state index in [1.54, 1.807) is 6.26 Å². The fraction of sp³-hybridized carbons (Fsp3) is 0.357. The molecule has 0 radical (unpaired) electrons. The molecule has 4 nitrogen and oxygen atoms in total. The van der Waals surface area contributed by atoms with Gasteiger partial charge in [-0.25, -0.2) is 4.98 Å². The van der Waals surface area contributed by atoms with Crippen molar-refractivity contribution in [3.63, 3.8) is 0 Å². The molecule has 18 heavy (non-hydrogen) atoms. The van der Waals surface area contributed by atoms with E-state index in [0.717, 1.165) is 22.6 Å². The van der Waals surface area contributed by atoms with Crippen LogP contribution in [0.15, 0.2) is 28.9 Å². The van der Waals surface area contributed by atoms with Crippen molar-refractivity contribution >= 4 is 0 Å². The van der Waals surface area contributed by atoms with Gasteiger partial charge in [-0.05, 0) is 44.5 Å². The minimum absolute atomic E-state index is 0.172. The average molecular weight is 246 g/mol. The molecule has 2 rings (SSSR count). The standard InChI is InChI=1S/C14H18N2O2/c1-9(2)18-13-5-4-11(6-10(13)3)12-8-17-14(7-15)16-12/h4-6,8-9H,7,15H2,1-3H3. The van der Waals surface area contributed by atoms with Crippen LogP contribution in [0.25, 0.3) is 11.3 Å². The normalized spacial score (nSPS) is 10.9. The molecule has 0 atom stereocenters. The number of hydrogen-bond acceptors (Lipinski definition) is 4. The molecule has 0 saturated heterocycles. The Morgan fingerprint density at radius 2 is 2.17 bits per heavy atom. The number of nitrogens with zero attached hydrogens (tertiary/aromatic N) is 1. The summed E-state index contributed by atoms with van der Waals surface area (Å²) >= 11 is 0. The Kier molecular flexibility index (Phi) is 3.67. The van der Waals surface area contributed by atoms with Crippen LogP contribution in [0.2, 0.25) is 0 Å². The molecule has 0 aliphatic carbocycles. The average Bonchev–Trinajstić information content (AvgIpc) is 2.80. The van der Waals surface area contributed by atoms with Crippen LogP contribution in [0.4, 0.5) is 0 Å². The van der Waals surface area contributed by atoms with Crippen molar-refractivity contribution in [2.24, 2.45) is 5.73 Å². The maximum atomic E-state index is 5.70. The van der Waals surface area contributed by atoms with E-state index in [1.807, 2.05) is 39.0 Å². The first-order valence-electron chi connectivity index (χ1n) is 6.02. The molecule has 0 unspecified atom stereocenters. The number of benzene rings is 1. The highest BCUT2D eigenvalue weighted by atomic mass is 16.5. The van der Waals surface area contributed by atoms with Crippen LogP contribution < -0.4 is 10.5 Å². The Labute approximate surface area is 107 Å². The number of aryl methyl sites for hydroxylation is 1. The Balaban J connectivity index is 2.28. The second kappa shape index (κ2) is 5.23. The van der Waals surface area contributed by atoms with E-state index in [2.05, 4.69) is 4.98 Å². The van der Waals surface area contributed by atoms with Crippen molar-refractivity contribution < 1.29 is 9.15 Å². The second-order valence-corrected chi connectivity index (χ2v) is 4.48. The van der Waals surface area contributed by atoms with Crippen LogP contribution in [0.1, 0.15) is 25.3 Å². The molecule has 0 bridgehead atoms. The quantitative estimate of drug-likeness (QED) is 0.901. The summed E-state index contributed by atoms with van der Waals surface area (Å²) in [6.07, 6.45) is 1.80. The van der Waals surface area contributed by atoms with Crippen molar-refractivity contribution in [1.29, 1.82) is 0 Å². The fourth-order valence-corrected chi connectivity index (χ4v) is 1.73. The first-order chi connectivity index (χ1) is 8.60. The third kappa shape index (κ3) is 2.71. The van der Waals surface area contributed by atoms with Gasteiger partial charge < -0.3 is 14.9 Å². The van der Waals surface area contributed by atoms with Crippen molar-refractivity contribution in [2.75, 3.05) is 0 Å². The van der Waals surface area contributed by atoms with E-state index in [4.69, 9.17) is 14.9 Å². The fourth-order valence-electron chi connectivity index (χ4n) is 1.73. The van der Waals surface area contributed by atoms with E-state index < -0.39 is 0 Å². The summed E-state index contributed by atoms with van der Waals surface area (Å²) in [4.78, 5) is 4.30. The molecule has 0 spiro atoms. The SMILES string of the molecule is Cc1cc(-c2coc(CN)n2)ccc1OC(C)C.